The molecule has 0 radical (unpaired) electrons. The SMILES string of the molecule is COc1ccccc1C1CC(N[C@H](C)c2ccccn2)C1. The van der Waals surface area contributed by atoms with Crippen LogP contribution in [-0.2, 0) is 0 Å². The van der Waals surface area contributed by atoms with Crippen LogP contribution in [0.1, 0.15) is 43.0 Å². The Hall–Kier alpha value is -1.87. The Balaban J connectivity index is 1.56. The van der Waals surface area contributed by atoms with Crippen LogP contribution in [0, 0.1) is 0 Å². The molecule has 21 heavy (non-hydrogen) atoms. The van der Waals surface area contributed by atoms with Crippen molar-refractivity contribution in [1.82, 2.24) is 10.3 Å². The molecule has 0 amide bonds. The van der Waals surface area contributed by atoms with Crippen molar-refractivity contribution in [1.29, 1.82) is 0 Å². The monoisotopic (exact) mass is 282 g/mol. The first-order valence-corrected chi connectivity index (χ1v) is 7.58. The Labute approximate surface area is 126 Å². The molecule has 1 atom stereocenters. The molecular weight excluding hydrogens is 260 g/mol. The lowest BCUT2D eigenvalue weighted by Gasteiger charge is -2.38. The Kier molecular flexibility index (Phi) is 4.20. The number of para-hydroxylation sites is 1. The van der Waals surface area contributed by atoms with Crippen molar-refractivity contribution in [3.8, 4) is 5.75 Å². The zero-order chi connectivity index (χ0) is 14.7. The highest BCUT2D eigenvalue weighted by molar-refractivity contribution is 5.37. The second-order valence-corrected chi connectivity index (χ2v) is 5.75. The summed E-state index contributed by atoms with van der Waals surface area (Å²) in [5, 5.41) is 3.67. The Morgan fingerprint density at radius 2 is 1.90 bits per heavy atom. The highest BCUT2D eigenvalue weighted by Crippen LogP contribution is 2.41. The lowest BCUT2D eigenvalue weighted by Crippen LogP contribution is -2.41. The average Bonchev–Trinajstić information content (AvgIpc) is 2.51. The molecule has 1 aliphatic rings. The quantitative estimate of drug-likeness (QED) is 0.908. The number of methoxy groups -OCH3 is 1. The zero-order valence-electron chi connectivity index (χ0n) is 12.6. The maximum atomic E-state index is 5.46. The van der Waals surface area contributed by atoms with E-state index in [1.165, 1.54) is 5.56 Å². The third-order valence-electron chi connectivity index (χ3n) is 4.33. The van der Waals surface area contributed by atoms with Crippen molar-refractivity contribution in [2.45, 2.75) is 37.8 Å². The smallest absolute Gasteiger partial charge is 0.122 e. The van der Waals surface area contributed by atoms with Crippen molar-refractivity contribution < 1.29 is 4.74 Å². The van der Waals surface area contributed by atoms with Gasteiger partial charge < -0.3 is 10.1 Å². The number of hydrogen-bond acceptors (Lipinski definition) is 3. The highest BCUT2D eigenvalue weighted by Gasteiger charge is 2.32. The molecule has 1 saturated carbocycles. The molecule has 1 fully saturated rings. The molecule has 1 heterocycles. The van der Waals surface area contributed by atoms with Gasteiger partial charge in [0.1, 0.15) is 5.75 Å². The number of ether oxygens (including phenoxy) is 1. The van der Waals surface area contributed by atoms with Crippen molar-refractivity contribution in [3.63, 3.8) is 0 Å². The summed E-state index contributed by atoms with van der Waals surface area (Å²) in [5.74, 6) is 1.62. The molecule has 3 rings (SSSR count). The Bertz CT molecular complexity index is 579. The first-order valence-electron chi connectivity index (χ1n) is 7.58. The molecule has 0 unspecified atom stereocenters. The highest BCUT2D eigenvalue weighted by atomic mass is 16.5. The Morgan fingerprint density at radius 3 is 2.62 bits per heavy atom. The number of aromatic nitrogens is 1. The first kappa shape index (κ1) is 14.1. The summed E-state index contributed by atoms with van der Waals surface area (Å²) in [6.07, 6.45) is 4.18. The van der Waals surface area contributed by atoms with Crippen LogP contribution in [0.5, 0.6) is 5.75 Å². The van der Waals surface area contributed by atoms with E-state index in [0.717, 1.165) is 24.3 Å². The van der Waals surface area contributed by atoms with Gasteiger partial charge in [-0.3, -0.25) is 4.98 Å². The van der Waals surface area contributed by atoms with Gasteiger partial charge in [-0.2, -0.15) is 0 Å². The van der Waals surface area contributed by atoms with Gasteiger partial charge in [-0.05, 0) is 49.4 Å². The summed E-state index contributed by atoms with van der Waals surface area (Å²) in [7, 11) is 1.75. The molecule has 2 aromatic rings. The van der Waals surface area contributed by atoms with Crippen LogP contribution < -0.4 is 10.1 Å². The molecule has 0 saturated heterocycles. The summed E-state index contributed by atoms with van der Waals surface area (Å²) in [6.45, 7) is 2.18. The lowest BCUT2D eigenvalue weighted by atomic mass is 9.75. The van der Waals surface area contributed by atoms with E-state index in [-0.39, 0.29) is 0 Å². The fraction of sp³-hybridized carbons (Fsp3) is 0.389. The van der Waals surface area contributed by atoms with E-state index in [1.54, 1.807) is 7.11 Å². The lowest BCUT2D eigenvalue weighted by molar-refractivity contribution is 0.263. The van der Waals surface area contributed by atoms with Gasteiger partial charge in [-0.15, -0.1) is 0 Å². The van der Waals surface area contributed by atoms with Crippen LogP contribution in [0.4, 0.5) is 0 Å². The number of hydrogen-bond donors (Lipinski definition) is 1. The standard InChI is InChI=1S/C18H22N2O/c1-13(17-8-5-6-10-19-17)20-15-11-14(12-15)16-7-3-4-9-18(16)21-2/h3-10,13-15,20H,11-12H2,1-2H3/t13-,14?,15?/m1/s1. The first-order chi connectivity index (χ1) is 10.3. The third-order valence-corrected chi connectivity index (χ3v) is 4.33. The molecular formula is C18H22N2O. The van der Waals surface area contributed by atoms with E-state index >= 15 is 0 Å². The molecule has 3 nitrogen and oxygen atoms in total. The summed E-state index contributed by atoms with van der Waals surface area (Å²) in [6, 6.07) is 15.3. The molecule has 0 aliphatic heterocycles. The minimum Gasteiger partial charge on any atom is -0.496 e. The van der Waals surface area contributed by atoms with Gasteiger partial charge in [0, 0.05) is 18.3 Å². The summed E-state index contributed by atoms with van der Waals surface area (Å²) in [4.78, 5) is 4.41. The van der Waals surface area contributed by atoms with Crippen molar-refractivity contribution in [2.75, 3.05) is 7.11 Å². The van der Waals surface area contributed by atoms with Crippen molar-refractivity contribution in [3.05, 3.63) is 59.9 Å². The van der Waals surface area contributed by atoms with Gasteiger partial charge in [0.25, 0.3) is 0 Å². The molecule has 110 valence electrons. The normalized spacial score (nSPS) is 22.4. The van der Waals surface area contributed by atoms with E-state index in [0.29, 0.717) is 18.0 Å². The summed E-state index contributed by atoms with van der Waals surface area (Å²) < 4.78 is 5.46. The van der Waals surface area contributed by atoms with Gasteiger partial charge in [-0.1, -0.05) is 24.3 Å². The van der Waals surface area contributed by atoms with E-state index in [9.17, 15) is 0 Å². The van der Waals surface area contributed by atoms with E-state index in [1.807, 2.05) is 30.5 Å². The van der Waals surface area contributed by atoms with E-state index in [4.69, 9.17) is 4.74 Å². The van der Waals surface area contributed by atoms with Gasteiger partial charge in [-0.25, -0.2) is 0 Å². The summed E-state index contributed by atoms with van der Waals surface area (Å²) >= 11 is 0. The predicted octanol–water partition coefficient (Wildman–Crippen LogP) is 3.69. The van der Waals surface area contributed by atoms with Gasteiger partial charge >= 0.3 is 0 Å². The van der Waals surface area contributed by atoms with Crippen LogP contribution in [0.2, 0.25) is 0 Å². The fourth-order valence-corrected chi connectivity index (χ4v) is 3.08. The minimum atomic E-state index is 0.301. The van der Waals surface area contributed by atoms with Crippen LogP contribution in [-0.4, -0.2) is 18.1 Å². The maximum Gasteiger partial charge on any atom is 0.122 e. The van der Waals surface area contributed by atoms with Gasteiger partial charge in [0.15, 0.2) is 0 Å². The maximum absolute atomic E-state index is 5.46. The van der Waals surface area contributed by atoms with Crippen LogP contribution >= 0.6 is 0 Å². The van der Waals surface area contributed by atoms with Crippen molar-refractivity contribution >= 4 is 0 Å². The summed E-state index contributed by atoms with van der Waals surface area (Å²) in [5.41, 5.74) is 2.45. The number of rotatable bonds is 5. The molecule has 0 bridgehead atoms. The second-order valence-electron chi connectivity index (χ2n) is 5.75. The van der Waals surface area contributed by atoms with E-state index < -0.39 is 0 Å². The van der Waals surface area contributed by atoms with Gasteiger partial charge in [0.05, 0.1) is 12.8 Å². The largest absolute Gasteiger partial charge is 0.496 e. The molecule has 3 heteroatoms. The number of nitrogens with one attached hydrogen (secondary N) is 1. The molecule has 1 aromatic heterocycles. The molecule has 0 spiro atoms. The second kappa shape index (κ2) is 6.27. The fourth-order valence-electron chi connectivity index (χ4n) is 3.08. The molecule has 1 aliphatic carbocycles. The number of nitrogens with zero attached hydrogens (tertiary/aromatic N) is 1. The molecule has 1 aromatic carbocycles. The zero-order valence-corrected chi connectivity index (χ0v) is 12.6. The van der Waals surface area contributed by atoms with Crippen LogP contribution in [0.3, 0.4) is 0 Å². The molecule has 1 N–H and O–H groups in total. The van der Waals surface area contributed by atoms with Crippen LogP contribution in [0.25, 0.3) is 0 Å². The predicted molar refractivity (Wildman–Crippen MR) is 84.5 cm³/mol. The third kappa shape index (κ3) is 3.08. The van der Waals surface area contributed by atoms with Gasteiger partial charge in [0.2, 0.25) is 0 Å². The Morgan fingerprint density at radius 1 is 1.14 bits per heavy atom. The minimum absolute atomic E-state index is 0.301. The number of pyridine rings is 1. The van der Waals surface area contributed by atoms with Crippen LogP contribution in [0.15, 0.2) is 48.7 Å². The number of benzene rings is 1. The van der Waals surface area contributed by atoms with Crippen molar-refractivity contribution in [2.24, 2.45) is 0 Å². The average molecular weight is 282 g/mol. The topological polar surface area (TPSA) is 34.1 Å². The van der Waals surface area contributed by atoms with E-state index in [2.05, 4.69) is 35.4 Å².